The highest BCUT2D eigenvalue weighted by atomic mass is 32.2. The first kappa shape index (κ1) is 15.6. The van der Waals surface area contributed by atoms with Crippen LogP contribution in [0.25, 0.3) is 0 Å². The fourth-order valence-electron chi connectivity index (χ4n) is 2.02. The number of thioether (sulfide) groups is 1. The highest BCUT2D eigenvalue weighted by Gasteiger charge is 2.19. The lowest BCUT2D eigenvalue weighted by atomic mass is 10.0. The largest absolute Gasteiger partial charge is 0.399 e. The van der Waals surface area contributed by atoms with Gasteiger partial charge in [0.2, 0.25) is 0 Å². The minimum absolute atomic E-state index is 0.0724. The van der Waals surface area contributed by atoms with Crippen LogP contribution < -0.4 is 5.73 Å². The van der Waals surface area contributed by atoms with E-state index in [1.165, 1.54) is 5.56 Å². The molecule has 0 aliphatic carbocycles. The summed E-state index contributed by atoms with van der Waals surface area (Å²) < 4.78 is 0. The zero-order valence-electron chi connectivity index (χ0n) is 12.5. The Bertz CT molecular complexity index is 578. The van der Waals surface area contributed by atoms with Crippen molar-refractivity contribution in [1.82, 2.24) is 0 Å². The molecule has 1 atom stereocenters. The van der Waals surface area contributed by atoms with Crippen molar-refractivity contribution in [3.05, 3.63) is 60.2 Å². The molecule has 0 aliphatic heterocycles. The van der Waals surface area contributed by atoms with E-state index in [9.17, 15) is 4.79 Å². The van der Waals surface area contributed by atoms with Gasteiger partial charge in [-0.3, -0.25) is 4.79 Å². The van der Waals surface area contributed by atoms with Crippen molar-refractivity contribution in [3.8, 4) is 0 Å². The molecule has 0 aliphatic rings. The number of rotatable bonds is 6. The van der Waals surface area contributed by atoms with Crippen LogP contribution in [-0.2, 0) is 4.79 Å². The minimum atomic E-state index is 0.0724. The van der Waals surface area contributed by atoms with E-state index < -0.39 is 0 Å². The molecule has 0 bridgehead atoms. The van der Waals surface area contributed by atoms with E-state index in [1.807, 2.05) is 56.3 Å². The van der Waals surface area contributed by atoms with Crippen LogP contribution in [0.4, 0.5) is 5.69 Å². The summed E-state index contributed by atoms with van der Waals surface area (Å²) in [7, 11) is 0. The number of carbonyl (C=O) groups is 1. The van der Waals surface area contributed by atoms with E-state index in [4.69, 9.17) is 5.73 Å². The molecule has 2 rings (SSSR count). The summed E-state index contributed by atoms with van der Waals surface area (Å²) in [6.07, 6.45) is 0.552. The van der Waals surface area contributed by atoms with Crippen LogP contribution in [0.15, 0.2) is 59.5 Å². The Morgan fingerprint density at radius 1 is 1.05 bits per heavy atom. The van der Waals surface area contributed by atoms with E-state index in [2.05, 4.69) is 12.1 Å². The fraction of sp³-hybridized carbons (Fsp3) is 0.278. The molecule has 0 saturated carbocycles. The van der Waals surface area contributed by atoms with Crippen molar-refractivity contribution in [2.75, 3.05) is 5.73 Å². The Morgan fingerprint density at radius 2 is 1.67 bits per heavy atom. The monoisotopic (exact) mass is 299 g/mol. The van der Waals surface area contributed by atoms with Gasteiger partial charge in [0.25, 0.3) is 0 Å². The van der Waals surface area contributed by atoms with Gasteiger partial charge in [-0.15, -0.1) is 11.8 Å². The van der Waals surface area contributed by atoms with Gasteiger partial charge in [0.1, 0.15) is 5.78 Å². The number of carbonyl (C=O) groups excluding carboxylic acids is 1. The van der Waals surface area contributed by atoms with Crippen molar-refractivity contribution in [1.29, 1.82) is 0 Å². The molecule has 2 aromatic carbocycles. The summed E-state index contributed by atoms with van der Waals surface area (Å²) in [6, 6.07) is 18.0. The van der Waals surface area contributed by atoms with Crippen LogP contribution in [0.5, 0.6) is 0 Å². The quantitative estimate of drug-likeness (QED) is 0.620. The van der Waals surface area contributed by atoms with E-state index in [0.717, 1.165) is 10.6 Å². The third-order valence-corrected chi connectivity index (χ3v) is 4.63. The van der Waals surface area contributed by atoms with Gasteiger partial charge < -0.3 is 5.73 Å². The maximum absolute atomic E-state index is 12.1. The predicted octanol–water partition coefficient (Wildman–Crippen LogP) is 4.72. The van der Waals surface area contributed by atoms with Crippen LogP contribution in [0.3, 0.4) is 0 Å². The van der Waals surface area contributed by atoms with Gasteiger partial charge in [-0.1, -0.05) is 44.2 Å². The zero-order chi connectivity index (χ0) is 15.2. The molecule has 0 saturated heterocycles. The predicted molar refractivity (Wildman–Crippen MR) is 90.4 cm³/mol. The molecule has 0 unspecified atom stereocenters. The van der Waals surface area contributed by atoms with Gasteiger partial charge >= 0.3 is 0 Å². The molecule has 3 heteroatoms. The lowest BCUT2D eigenvalue weighted by molar-refractivity contribution is -0.121. The number of nitrogen functional groups attached to an aromatic ring is 1. The van der Waals surface area contributed by atoms with Crippen molar-refractivity contribution < 1.29 is 4.79 Å². The minimum Gasteiger partial charge on any atom is -0.399 e. The van der Waals surface area contributed by atoms with E-state index in [0.29, 0.717) is 12.2 Å². The molecule has 0 heterocycles. The molecule has 2 N–H and O–H groups in total. The molecular weight excluding hydrogens is 278 g/mol. The van der Waals surface area contributed by atoms with Crippen molar-refractivity contribution in [2.24, 2.45) is 5.92 Å². The van der Waals surface area contributed by atoms with Gasteiger partial charge in [0, 0.05) is 28.2 Å². The molecule has 110 valence electrons. The van der Waals surface area contributed by atoms with Crippen LogP contribution in [-0.4, -0.2) is 5.78 Å². The SMILES string of the molecule is CC(C)C(=O)C[C@@H](Sc1ccc(N)cc1)c1ccccc1. The number of nitrogens with two attached hydrogens (primary N) is 1. The third-order valence-electron chi connectivity index (χ3n) is 3.36. The number of benzene rings is 2. The standard InChI is InChI=1S/C18H21NOS/c1-13(2)17(20)12-18(14-6-4-3-5-7-14)21-16-10-8-15(19)9-11-16/h3-11,13,18H,12,19H2,1-2H3/t18-/m1/s1. The summed E-state index contributed by atoms with van der Waals surface area (Å²) >= 11 is 1.72. The fourth-order valence-corrected chi connectivity index (χ4v) is 3.19. The van der Waals surface area contributed by atoms with Crippen molar-refractivity contribution >= 4 is 23.2 Å². The first-order chi connectivity index (χ1) is 10.1. The molecule has 0 amide bonds. The van der Waals surface area contributed by atoms with Gasteiger partial charge in [0.05, 0.1) is 0 Å². The van der Waals surface area contributed by atoms with Crippen LogP contribution >= 0.6 is 11.8 Å². The van der Waals surface area contributed by atoms with Crippen molar-refractivity contribution in [3.63, 3.8) is 0 Å². The Labute approximate surface area is 130 Å². The lowest BCUT2D eigenvalue weighted by Crippen LogP contribution is -2.10. The van der Waals surface area contributed by atoms with Gasteiger partial charge in [-0.2, -0.15) is 0 Å². The molecule has 2 aromatic rings. The smallest absolute Gasteiger partial charge is 0.136 e. The number of anilines is 1. The van der Waals surface area contributed by atoms with E-state index >= 15 is 0 Å². The molecular formula is C18H21NOS. The molecule has 0 aromatic heterocycles. The highest BCUT2D eigenvalue weighted by molar-refractivity contribution is 7.99. The first-order valence-corrected chi connectivity index (χ1v) is 8.04. The maximum atomic E-state index is 12.1. The topological polar surface area (TPSA) is 43.1 Å². The van der Waals surface area contributed by atoms with Crippen LogP contribution in [0.1, 0.15) is 31.1 Å². The second kappa shape index (κ2) is 7.32. The van der Waals surface area contributed by atoms with E-state index in [-0.39, 0.29) is 11.2 Å². The number of Topliss-reactive ketones (excluding diaryl/α,β-unsaturated/α-hetero) is 1. The van der Waals surface area contributed by atoms with Crippen LogP contribution in [0, 0.1) is 5.92 Å². The molecule has 2 nitrogen and oxygen atoms in total. The van der Waals surface area contributed by atoms with Gasteiger partial charge in [-0.25, -0.2) is 0 Å². The third kappa shape index (κ3) is 4.64. The summed E-state index contributed by atoms with van der Waals surface area (Å²) in [5, 5.41) is 0.143. The molecule has 21 heavy (non-hydrogen) atoms. The number of ketones is 1. The summed E-state index contributed by atoms with van der Waals surface area (Å²) in [5.41, 5.74) is 7.67. The Kier molecular flexibility index (Phi) is 5.45. The van der Waals surface area contributed by atoms with Gasteiger partial charge in [-0.05, 0) is 29.8 Å². The average molecular weight is 299 g/mol. The van der Waals surface area contributed by atoms with Gasteiger partial charge in [0.15, 0.2) is 0 Å². The Morgan fingerprint density at radius 3 is 2.24 bits per heavy atom. The zero-order valence-corrected chi connectivity index (χ0v) is 13.3. The molecule has 0 fully saturated rings. The number of hydrogen-bond donors (Lipinski definition) is 1. The lowest BCUT2D eigenvalue weighted by Gasteiger charge is -2.17. The van der Waals surface area contributed by atoms with Crippen LogP contribution in [0.2, 0.25) is 0 Å². The first-order valence-electron chi connectivity index (χ1n) is 7.16. The second-order valence-corrected chi connectivity index (χ2v) is 6.69. The second-order valence-electron chi connectivity index (χ2n) is 5.41. The van der Waals surface area contributed by atoms with Crippen molar-refractivity contribution in [2.45, 2.75) is 30.4 Å². The Balaban J connectivity index is 2.19. The Hall–Kier alpha value is -1.74. The molecule has 0 spiro atoms. The summed E-state index contributed by atoms with van der Waals surface area (Å²) in [6.45, 7) is 3.91. The molecule has 0 radical (unpaired) electrons. The normalized spacial score (nSPS) is 12.3. The highest BCUT2D eigenvalue weighted by Crippen LogP contribution is 2.38. The summed E-state index contributed by atoms with van der Waals surface area (Å²) in [5.74, 6) is 0.370. The summed E-state index contributed by atoms with van der Waals surface area (Å²) in [4.78, 5) is 13.3. The van der Waals surface area contributed by atoms with E-state index in [1.54, 1.807) is 11.8 Å². The average Bonchev–Trinajstić information content (AvgIpc) is 2.49. The number of hydrogen-bond acceptors (Lipinski definition) is 3. The maximum Gasteiger partial charge on any atom is 0.136 e.